The van der Waals surface area contributed by atoms with Gasteiger partial charge < -0.3 is 16.4 Å². The van der Waals surface area contributed by atoms with Crippen LogP contribution in [0.1, 0.15) is 37.7 Å². The van der Waals surface area contributed by atoms with E-state index < -0.39 is 0 Å². The van der Waals surface area contributed by atoms with Crippen LogP contribution in [0.25, 0.3) is 0 Å². The highest BCUT2D eigenvalue weighted by Gasteiger charge is 2.28. The molecule has 0 heterocycles. The highest BCUT2D eigenvalue weighted by atomic mass is 35.5. The molecule has 1 fully saturated rings. The molecule has 1 aromatic rings. The van der Waals surface area contributed by atoms with Gasteiger partial charge in [0.2, 0.25) is 11.8 Å². The first-order valence-corrected chi connectivity index (χ1v) is 7.92. The summed E-state index contributed by atoms with van der Waals surface area (Å²) in [5, 5.41) is 0. The molecule has 0 spiro atoms. The van der Waals surface area contributed by atoms with Crippen LogP contribution in [0.3, 0.4) is 0 Å². The minimum atomic E-state index is -0.386. The van der Waals surface area contributed by atoms with Gasteiger partial charge in [-0.2, -0.15) is 0 Å². The van der Waals surface area contributed by atoms with E-state index in [0.29, 0.717) is 19.5 Å². The number of halogens is 1. The van der Waals surface area contributed by atoms with Crippen LogP contribution in [0, 0.1) is 5.92 Å². The summed E-state index contributed by atoms with van der Waals surface area (Å²) < 4.78 is 0. The van der Waals surface area contributed by atoms with Crippen molar-refractivity contribution in [3.05, 3.63) is 35.9 Å². The lowest BCUT2D eigenvalue weighted by Crippen LogP contribution is -2.36. The average Bonchev–Trinajstić information content (AvgIpc) is 2.89. The van der Waals surface area contributed by atoms with E-state index in [1.165, 1.54) is 0 Å². The molecule has 128 valence electrons. The fourth-order valence-electron chi connectivity index (χ4n) is 3.01. The van der Waals surface area contributed by atoms with E-state index in [-0.39, 0.29) is 42.6 Å². The summed E-state index contributed by atoms with van der Waals surface area (Å²) >= 11 is 0. The zero-order chi connectivity index (χ0) is 15.9. The monoisotopic (exact) mass is 339 g/mol. The normalized spacial score (nSPS) is 19.9. The molecule has 1 aliphatic carbocycles. The first kappa shape index (κ1) is 19.5. The lowest BCUT2D eigenvalue weighted by atomic mass is 9.99. The van der Waals surface area contributed by atoms with Crippen LogP contribution >= 0.6 is 12.4 Å². The van der Waals surface area contributed by atoms with Crippen molar-refractivity contribution in [1.82, 2.24) is 4.90 Å². The largest absolute Gasteiger partial charge is 0.370 e. The van der Waals surface area contributed by atoms with Gasteiger partial charge in [0.15, 0.2) is 0 Å². The second-order valence-electron chi connectivity index (χ2n) is 6.08. The maximum absolute atomic E-state index is 12.6. The molecular weight excluding hydrogens is 314 g/mol. The van der Waals surface area contributed by atoms with Crippen LogP contribution in [0.5, 0.6) is 0 Å². The summed E-state index contributed by atoms with van der Waals surface area (Å²) in [5.41, 5.74) is 12.3. The first-order chi connectivity index (χ1) is 10.6. The van der Waals surface area contributed by atoms with Crippen molar-refractivity contribution in [3.63, 3.8) is 0 Å². The summed E-state index contributed by atoms with van der Waals surface area (Å²) in [6.07, 6.45) is 3.76. The molecule has 0 aromatic heterocycles. The quantitative estimate of drug-likeness (QED) is 0.794. The van der Waals surface area contributed by atoms with Crippen LogP contribution in [-0.4, -0.2) is 29.3 Å². The zero-order valence-corrected chi connectivity index (χ0v) is 14.1. The molecule has 1 aromatic carbocycles. The molecule has 2 atom stereocenters. The van der Waals surface area contributed by atoms with Crippen LogP contribution in [0.4, 0.5) is 0 Å². The molecule has 2 rings (SSSR count). The van der Waals surface area contributed by atoms with E-state index >= 15 is 0 Å². The summed E-state index contributed by atoms with van der Waals surface area (Å²) in [4.78, 5) is 25.3. The average molecular weight is 340 g/mol. The number of nitrogens with two attached hydrogens (primary N) is 2. The maximum Gasteiger partial charge on any atom is 0.223 e. The number of hydrogen-bond donors (Lipinski definition) is 2. The van der Waals surface area contributed by atoms with E-state index in [1.807, 2.05) is 30.3 Å². The van der Waals surface area contributed by atoms with Gasteiger partial charge in [-0.3, -0.25) is 9.59 Å². The van der Waals surface area contributed by atoms with Crippen molar-refractivity contribution in [2.45, 2.75) is 44.7 Å². The minimum absolute atomic E-state index is 0. The molecule has 1 saturated carbocycles. The summed E-state index contributed by atoms with van der Waals surface area (Å²) in [5.74, 6) is -0.0600. The molecule has 4 N–H and O–H groups in total. The molecule has 2 amide bonds. The molecule has 6 heteroatoms. The Morgan fingerprint density at radius 3 is 2.43 bits per heavy atom. The molecule has 1 aliphatic rings. The number of rotatable bonds is 7. The predicted octanol–water partition coefficient (Wildman–Crippen LogP) is 1.83. The molecule has 0 unspecified atom stereocenters. The van der Waals surface area contributed by atoms with Crippen LogP contribution in [0.15, 0.2) is 30.3 Å². The van der Waals surface area contributed by atoms with Crippen molar-refractivity contribution in [3.8, 4) is 0 Å². The Morgan fingerprint density at radius 1 is 1.17 bits per heavy atom. The first-order valence-electron chi connectivity index (χ1n) is 7.92. The Hall–Kier alpha value is -1.59. The second kappa shape index (κ2) is 9.53. The lowest BCUT2D eigenvalue weighted by molar-refractivity contribution is -0.133. The Bertz CT molecular complexity index is 510. The lowest BCUT2D eigenvalue weighted by Gasteiger charge is -2.25. The highest BCUT2D eigenvalue weighted by Crippen LogP contribution is 2.27. The van der Waals surface area contributed by atoms with Crippen LogP contribution < -0.4 is 11.5 Å². The van der Waals surface area contributed by atoms with Gasteiger partial charge >= 0.3 is 0 Å². The second-order valence-corrected chi connectivity index (χ2v) is 6.08. The third kappa shape index (κ3) is 6.20. The van der Waals surface area contributed by atoms with Gasteiger partial charge in [0.05, 0.1) is 0 Å². The van der Waals surface area contributed by atoms with E-state index in [9.17, 15) is 9.59 Å². The van der Waals surface area contributed by atoms with Gasteiger partial charge in [-0.25, -0.2) is 0 Å². The number of carbonyl (C=O) groups excluding carboxylic acids is 2. The number of hydrogen-bond acceptors (Lipinski definition) is 3. The van der Waals surface area contributed by atoms with Crippen molar-refractivity contribution in [1.29, 1.82) is 0 Å². The Balaban J connectivity index is 0.00000264. The molecule has 0 radical (unpaired) electrons. The van der Waals surface area contributed by atoms with E-state index in [2.05, 4.69) is 0 Å². The van der Waals surface area contributed by atoms with Gasteiger partial charge in [-0.1, -0.05) is 36.8 Å². The van der Waals surface area contributed by atoms with Gasteiger partial charge in [-0.05, 0) is 24.3 Å². The standard InChI is InChI=1S/C17H25N3O2.ClH/c18-15-8-4-7-14(15)11-17(22)20(10-9-16(19)21)12-13-5-2-1-3-6-13;/h1-3,5-6,14-15H,4,7-12,18H2,(H2,19,21);1H/t14-,15+;/m0./s1. The van der Waals surface area contributed by atoms with Gasteiger partial charge in [0, 0.05) is 32.0 Å². The smallest absolute Gasteiger partial charge is 0.223 e. The van der Waals surface area contributed by atoms with Crippen LogP contribution in [0.2, 0.25) is 0 Å². The molecule has 5 nitrogen and oxygen atoms in total. The number of primary amides is 1. The fourth-order valence-corrected chi connectivity index (χ4v) is 3.01. The maximum atomic E-state index is 12.6. The molecule has 0 saturated heterocycles. The van der Waals surface area contributed by atoms with Crippen LogP contribution in [-0.2, 0) is 16.1 Å². The Kier molecular flexibility index (Phi) is 8.06. The molecule has 23 heavy (non-hydrogen) atoms. The van der Waals surface area contributed by atoms with Crippen molar-refractivity contribution < 1.29 is 9.59 Å². The topological polar surface area (TPSA) is 89.4 Å². The van der Waals surface area contributed by atoms with E-state index in [0.717, 1.165) is 24.8 Å². The van der Waals surface area contributed by atoms with Gasteiger partial charge in [-0.15, -0.1) is 12.4 Å². The predicted molar refractivity (Wildman–Crippen MR) is 92.9 cm³/mol. The molecule has 0 aliphatic heterocycles. The summed E-state index contributed by atoms with van der Waals surface area (Å²) in [6, 6.07) is 9.91. The number of nitrogens with zero attached hydrogens (tertiary/aromatic N) is 1. The van der Waals surface area contributed by atoms with E-state index in [4.69, 9.17) is 11.5 Å². The zero-order valence-electron chi connectivity index (χ0n) is 13.3. The van der Waals surface area contributed by atoms with Gasteiger partial charge in [0.25, 0.3) is 0 Å². The van der Waals surface area contributed by atoms with Gasteiger partial charge in [0.1, 0.15) is 0 Å². The third-order valence-corrected chi connectivity index (χ3v) is 4.35. The van der Waals surface area contributed by atoms with E-state index in [1.54, 1.807) is 4.90 Å². The third-order valence-electron chi connectivity index (χ3n) is 4.35. The highest BCUT2D eigenvalue weighted by molar-refractivity contribution is 5.85. The Morgan fingerprint density at radius 2 is 1.87 bits per heavy atom. The molecule has 0 bridgehead atoms. The molecular formula is C17H26ClN3O2. The van der Waals surface area contributed by atoms with Crippen molar-refractivity contribution >= 4 is 24.2 Å². The van der Waals surface area contributed by atoms with Crippen molar-refractivity contribution in [2.75, 3.05) is 6.54 Å². The minimum Gasteiger partial charge on any atom is -0.370 e. The number of amides is 2. The number of benzene rings is 1. The summed E-state index contributed by atoms with van der Waals surface area (Å²) in [7, 11) is 0. The Labute approximate surface area is 143 Å². The van der Waals surface area contributed by atoms with Crippen molar-refractivity contribution in [2.24, 2.45) is 17.4 Å². The number of carbonyl (C=O) groups is 2. The summed E-state index contributed by atoms with van der Waals surface area (Å²) in [6.45, 7) is 0.875. The fraction of sp³-hybridized carbons (Fsp3) is 0.529. The SMILES string of the molecule is Cl.NC(=O)CCN(Cc1ccccc1)C(=O)C[C@@H]1CCC[C@H]1N.